The summed E-state index contributed by atoms with van der Waals surface area (Å²) >= 11 is 0. The van der Waals surface area contributed by atoms with Crippen LogP contribution in [0.25, 0.3) is 0 Å². The number of hydrogen-bond acceptors (Lipinski definition) is 4. The summed E-state index contributed by atoms with van der Waals surface area (Å²) < 4.78 is 25.7. The van der Waals surface area contributed by atoms with Crippen LogP contribution < -0.4 is 10.2 Å². The number of ether oxygens (including phenoxy) is 1. The van der Waals surface area contributed by atoms with E-state index in [1.165, 1.54) is 12.1 Å². The van der Waals surface area contributed by atoms with E-state index in [4.69, 9.17) is 9.39 Å². The van der Waals surface area contributed by atoms with Gasteiger partial charge in [0.25, 0.3) is 0 Å². The van der Waals surface area contributed by atoms with E-state index < -0.39 is 24.1 Å². The second-order valence-corrected chi connectivity index (χ2v) is 6.97. The molecule has 0 aromatic heterocycles. The van der Waals surface area contributed by atoms with Crippen LogP contribution in [0.3, 0.4) is 0 Å². The van der Waals surface area contributed by atoms with Gasteiger partial charge in [-0.05, 0) is 39.3 Å². The van der Waals surface area contributed by atoms with Crippen LogP contribution in [-0.4, -0.2) is 28.5 Å². The maximum Gasteiger partial charge on any atom is 0.494 e. The van der Waals surface area contributed by atoms with E-state index in [0.717, 1.165) is 5.56 Å². The molecule has 4 nitrogen and oxygen atoms in total. The summed E-state index contributed by atoms with van der Waals surface area (Å²) in [6.07, 6.45) is 0. The Morgan fingerprint density at radius 3 is 2.24 bits per heavy atom. The van der Waals surface area contributed by atoms with Crippen LogP contribution in [0.4, 0.5) is 4.39 Å². The van der Waals surface area contributed by atoms with E-state index in [0.29, 0.717) is 0 Å². The lowest BCUT2D eigenvalue weighted by Gasteiger charge is -2.38. The van der Waals surface area contributed by atoms with Gasteiger partial charge in [-0.25, -0.2) is 4.39 Å². The van der Waals surface area contributed by atoms with Crippen LogP contribution in [0.1, 0.15) is 33.3 Å². The fourth-order valence-corrected chi connectivity index (χ4v) is 2.05. The van der Waals surface area contributed by atoms with Crippen molar-refractivity contribution in [3.05, 3.63) is 59.9 Å². The Morgan fingerprint density at radius 2 is 1.64 bits per heavy atom. The molecule has 0 aliphatic rings. The molecule has 0 saturated heterocycles. The van der Waals surface area contributed by atoms with E-state index in [9.17, 15) is 14.5 Å². The Balaban J connectivity index is 2.14. The minimum Gasteiger partial charge on any atom is -0.486 e. The molecule has 0 fully saturated rings. The number of aliphatic hydroxyl groups is 1. The highest BCUT2D eigenvalue weighted by molar-refractivity contribution is 6.60. The summed E-state index contributed by atoms with van der Waals surface area (Å²) in [6.45, 7) is 6.60. The number of benzene rings is 2. The van der Waals surface area contributed by atoms with Crippen LogP contribution in [0.2, 0.25) is 0 Å². The molecule has 2 rings (SSSR count). The first-order chi connectivity index (χ1) is 11.6. The zero-order valence-corrected chi connectivity index (χ0v) is 15.0. The van der Waals surface area contributed by atoms with E-state index in [2.05, 4.69) is 0 Å². The minimum absolute atomic E-state index is 0.0325. The molecule has 0 amide bonds. The van der Waals surface area contributed by atoms with Crippen molar-refractivity contribution in [1.82, 2.24) is 0 Å². The van der Waals surface area contributed by atoms with Crippen molar-refractivity contribution in [1.29, 1.82) is 0 Å². The van der Waals surface area contributed by atoms with Crippen molar-refractivity contribution in [2.45, 2.75) is 45.5 Å². The third-order valence-corrected chi connectivity index (χ3v) is 4.38. The Bertz CT molecular complexity index is 698. The molecular weight excluding hydrogens is 322 g/mol. The van der Waals surface area contributed by atoms with Crippen molar-refractivity contribution >= 4 is 12.6 Å². The highest BCUT2D eigenvalue weighted by atomic mass is 19.1. The number of halogens is 1. The van der Waals surface area contributed by atoms with Gasteiger partial charge < -0.3 is 19.5 Å². The third-order valence-electron chi connectivity index (χ3n) is 4.38. The minimum atomic E-state index is -1.53. The van der Waals surface area contributed by atoms with Gasteiger partial charge in [0.1, 0.15) is 6.61 Å². The number of rotatable bonds is 7. The monoisotopic (exact) mass is 346 g/mol. The lowest BCUT2D eigenvalue weighted by molar-refractivity contribution is -0.0983. The van der Waals surface area contributed by atoms with Crippen molar-refractivity contribution in [2.75, 3.05) is 0 Å². The highest BCUT2D eigenvalue weighted by Gasteiger charge is 2.40. The molecule has 0 heterocycles. The van der Waals surface area contributed by atoms with Gasteiger partial charge >= 0.3 is 7.12 Å². The zero-order chi connectivity index (χ0) is 18.7. The molecule has 6 heteroatoms. The topological polar surface area (TPSA) is 58.9 Å². The largest absolute Gasteiger partial charge is 0.494 e. The maximum atomic E-state index is 14.7. The second kappa shape index (κ2) is 7.56. The Kier molecular flexibility index (Phi) is 5.88. The molecule has 0 atom stereocenters. The van der Waals surface area contributed by atoms with Gasteiger partial charge in [-0.15, -0.1) is 0 Å². The van der Waals surface area contributed by atoms with E-state index >= 15 is 0 Å². The highest BCUT2D eigenvalue weighted by Crippen LogP contribution is 2.26. The Labute approximate surface area is 148 Å². The summed E-state index contributed by atoms with van der Waals surface area (Å²) in [5, 5.41) is 20.4. The first-order valence-corrected chi connectivity index (χ1v) is 8.15. The molecule has 0 radical (unpaired) electrons. The average Bonchev–Trinajstić information content (AvgIpc) is 2.53. The molecule has 134 valence electrons. The molecule has 0 unspecified atom stereocenters. The molecule has 25 heavy (non-hydrogen) atoms. The Morgan fingerprint density at radius 1 is 1.00 bits per heavy atom. The van der Waals surface area contributed by atoms with Crippen molar-refractivity contribution in [2.24, 2.45) is 0 Å². The fraction of sp³-hybridized carbons (Fsp3) is 0.368. The molecule has 2 aromatic rings. The summed E-state index contributed by atoms with van der Waals surface area (Å²) in [4.78, 5) is 0. The van der Waals surface area contributed by atoms with Crippen LogP contribution in [0, 0.1) is 5.82 Å². The molecule has 0 bridgehead atoms. The SMILES string of the molecule is CC(C)(O)C(C)(C)OB(O)c1cccc(OCc2ccccc2)c1F. The molecule has 0 saturated carbocycles. The molecule has 2 N–H and O–H groups in total. The first-order valence-electron chi connectivity index (χ1n) is 8.15. The first kappa shape index (κ1) is 19.4. The van der Waals surface area contributed by atoms with Gasteiger partial charge in [0, 0.05) is 5.46 Å². The van der Waals surface area contributed by atoms with E-state index in [-0.39, 0.29) is 17.8 Å². The second-order valence-electron chi connectivity index (χ2n) is 6.97. The average molecular weight is 346 g/mol. The summed E-state index contributed by atoms with van der Waals surface area (Å²) in [7, 11) is -1.53. The van der Waals surface area contributed by atoms with Gasteiger partial charge in [-0.3, -0.25) is 0 Å². The van der Waals surface area contributed by atoms with Crippen LogP contribution in [0.5, 0.6) is 5.75 Å². The summed E-state index contributed by atoms with van der Waals surface area (Å²) in [5.74, 6) is -0.650. The lowest BCUT2D eigenvalue weighted by atomic mass is 9.76. The number of hydrogen-bond donors (Lipinski definition) is 2. The van der Waals surface area contributed by atoms with Crippen molar-refractivity contribution < 1.29 is 23.9 Å². The van der Waals surface area contributed by atoms with Crippen LogP contribution in [0.15, 0.2) is 48.5 Å². The van der Waals surface area contributed by atoms with Gasteiger partial charge in [-0.1, -0.05) is 42.5 Å². The molecule has 2 aromatic carbocycles. The van der Waals surface area contributed by atoms with Crippen LogP contribution >= 0.6 is 0 Å². The normalized spacial score (nSPS) is 12.1. The third kappa shape index (κ3) is 4.81. The smallest absolute Gasteiger partial charge is 0.486 e. The predicted molar refractivity (Wildman–Crippen MR) is 96.2 cm³/mol. The molecule has 0 aliphatic carbocycles. The maximum absolute atomic E-state index is 14.7. The molecule has 0 spiro atoms. The van der Waals surface area contributed by atoms with E-state index in [1.54, 1.807) is 33.8 Å². The van der Waals surface area contributed by atoms with Gasteiger partial charge in [0.2, 0.25) is 0 Å². The summed E-state index contributed by atoms with van der Waals surface area (Å²) in [5.41, 5.74) is -1.43. The zero-order valence-electron chi connectivity index (χ0n) is 15.0. The fourth-order valence-electron chi connectivity index (χ4n) is 2.05. The van der Waals surface area contributed by atoms with E-state index in [1.807, 2.05) is 30.3 Å². The standard InChI is InChI=1S/C19H24BFO4/c1-18(2,22)19(3,4)25-20(23)15-11-8-12-16(17(15)21)24-13-14-9-6-5-7-10-14/h5-12,22-23H,13H2,1-4H3. The summed E-state index contributed by atoms with van der Waals surface area (Å²) in [6, 6.07) is 13.9. The van der Waals surface area contributed by atoms with Crippen LogP contribution in [-0.2, 0) is 11.3 Å². The Hall–Kier alpha value is -1.89. The van der Waals surface area contributed by atoms with Crippen molar-refractivity contribution in [3.63, 3.8) is 0 Å². The lowest BCUT2D eigenvalue weighted by Crippen LogP contribution is -2.53. The molecular formula is C19H24BFO4. The van der Waals surface area contributed by atoms with Gasteiger partial charge in [0.15, 0.2) is 11.6 Å². The quantitative estimate of drug-likeness (QED) is 0.757. The predicted octanol–water partition coefficient (Wildman–Crippen LogP) is 2.66. The van der Waals surface area contributed by atoms with Crippen molar-refractivity contribution in [3.8, 4) is 5.75 Å². The van der Waals surface area contributed by atoms with Gasteiger partial charge in [0.05, 0.1) is 11.2 Å². The molecule has 0 aliphatic heterocycles. The van der Waals surface area contributed by atoms with Gasteiger partial charge in [-0.2, -0.15) is 0 Å².